The summed E-state index contributed by atoms with van der Waals surface area (Å²) in [5, 5.41) is 9.83. The highest BCUT2D eigenvalue weighted by Crippen LogP contribution is 2.55. The number of ether oxygens (including phenoxy) is 1. The Morgan fingerprint density at radius 1 is 1.24 bits per heavy atom. The lowest BCUT2D eigenvalue weighted by Crippen LogP contribution is -2.24. The molecule has 2 N–H and O–H groups in total. The minimum atomic E-state index is -4.16. The van der Waals surface area contributed by atoms with E-state index in [1.807, 2.05) is 0 Å². The maximum atomic E-state index is 14.0. The fraction of sp³-hybridized carbons (Fsp3) is 0.458. The first kappa shape index (κ1) is 23.5. The minimum Gasteiger partial charge on any atom is -0.492 e. The van der Waals surface area contributed by atoms with Gasteiger partial charge >= 0.3 is 5.97 Å². The van der Waals surface area contributed by atoms with E-state index in [4.69, 9.17) is 4.74 Å². The highest BCUT2D eigenvalue weighted by atomic mass is 32.2. The maximum Gasteiger partial charge on any atom is 0.341 e. The molecule has 0 bridgehead atoms. The van der Waals surface area contributed by atoms with Crippen LogP contribution in [-0.4, -0.2) is 50.6 Å². The van der Waals surface area contributed by atoms with Crippen LogP contribution in [-0.2, 0) is 16.4 Å². The number of rotatable bonds is 10. The highest BCUT2D eigenvalue weighted by Gasteiger charge is 2.45. The van der Waals surface area contributed by atoms with Gasteiger partial charge in [-0.25, -0.2) is 17.6 Å². The van der Waals surface area contributed by atoms with E-state index in [9.17, 15) is 22.7 Å². The molecule has 0 spiro atoms. The quantitative estimate of drug-likeness (QED) is 0.536. The minimum absolute atomic E-state index is 0.0549. The van der Waals surface area contributed by atoms with E-state index in [0.29, 0.717) is 30.9 Å². The van der Waals surface area contributed by atoms with E-state index >= 15 is 0 Å². The summed E-state index contributed by atoms with van der Waals surface area (Å²) in [6, 6.07) is 6.78. The SMILES string of the molecule is CCN(CC)CCCc1cc(F)ccc1S(=O)(=O)Nc1ccc2c(c1C(=O)O)OC[C@@H]1C[C@H]21. The number of carboxylic acids is 1. The van der Waals surface area contributed by atoms with E-state index in [-0.39, 0.29) is 27.8 Å². The number of nitrogens with one attached hydrogen (secondary N) is 1. The number of halogens is 1. The third-order valence-corrected chi connectivity index (χ3v) is 8.00. The number of aromatic carboxylic acids is 1. The molecule has 1 fully saturated rings. The van der Waals surface area contributed by atoms with Crippen LogP contribution in [0, 0.1) is 11.7 Å². The van der Waals surface area contributed by atoms with Crippen LogP contribution in [0.2, 0.25) is 0 Å². The zero-order valence-electron chi connectivity index (χ0n) is 18.8. The lowest BCUT2D eigenvalue weighted by atomic mass is 10.0. The predicted molar refractivity (Wildman–Crippen MR) is 123 cm³/mol. The molecule has 2 aromatic carbocycles. The molecule has 1 saturated carbocycles. The van der Waals surface area contributed by atoms with Crippen LogP contribution in [0.5, 0.6) is 5.75 Å². The smallest absolute Gasteiger partial charge is 0.341 e. The standard InChI is InChI=1S/C24H29FN2O5S/c1-3-27(4-2)11-5-6-15-12-17(25)7-10-21(15)33(30,31)26-20-9-8-18-19-13-16(19)14-32-23(18)22(20)24(28)29/h7-10,12,16,19,26H,3-6,11,13-14H2,1-2H3,(H,28,29)/t16-,19-/m0/s1. The average Bonchev–Trinajstić information content (AvgIpc) is 3.56. The zero-order valence-corrected chi connectivity index (χ0v) is 19.6. The lowest BCUT2D eigenvalue weighted by molar-refractivity contribution is 0.0692. The van der Waals surface area contributed by atoms with Gasteiger partial charge in [0, 0.05) is 5.92 Å². The van der Waals surface area contributed by atoms with Crippen molar-refractivity contribution in [3.05, 3.63) is 52.8 Å². The summed E-state index contributed by atoms with van der Waals surface area (Å²) in [6.45, 7) is 7.07. The van der Waals surface area contributed by atoms with Gasteiger partial charge in [-0.1, -0.05) is 19.9 Å². The number of benzene rings is 2. The Labute approximate surface area is 193 Å². The second kappa shape index (κ2) is 9.30. The number of fused-ring (bicyclic) bond motifs is 3. The predicted octanol–water partition coefficient (Wildman–Crippen LogP) is 4.10. The molecule has 1 aliphatic carbocycles. The van der Waals surface area contributed by atoms with Gasteiger partial charge in [0.2, 0.25) is 0 Å². The molecule has 9 heteroatoms. The van der Waals surface area contributed by atoms with Crippen LogP contribution in [0.4, 0.5) is 10.1 Å². The highest BCUT2D eigenvalue weighted by molar-refractivity contribution is 7.92. The largest absolute Gasteiger partial charge is 0.492 e. The van der Waals surface area contributed by atoms with Gasteiger partial charge < -0.3 is 14.7 Å². The Morgan fingerprint density at radius 2 is 2.00 bits per heavy atom. The van der Waals surface area contributed by atoms with E-state index in [0.717, 1.165) is 37.7 Å². The van der Waals surface area contributed by atoms with Crippen LogP contribution >= 0.6 is 0 Å². The molecular weight excluding hydrogens is 447 g/mol. The van der Waals surface area contributed by atoms with Gasteiger partial charge in [-0.3, -0.25) is 4.72 Å². The van der Waals surface area contributed by atoms with Crippen molar-refractivity contribution in [1.82, 2.24) is 4.90 Å². The number of aryl methyl sites for hydroxylation is 1. The summed E-state index contributed by atoms with van der Waals surface area (Å²) in [7, 11) is -4.16. The third-order valence-electron chi connectivity index (χ3n) is 6.54. The summed E-state index contributed by atoms with van der Waals surface area (Å²) < 4.78 is 48.6. The Morgan fingerprint density at radius 3 is 2.70 bits per heavy atom. The topological polar surface area (TPSA) is 95.9 Å². The van der Waals surface area contributed by atoms with Crippen LogP contribution in [0.25, 0.3) is 0 Å². The fourth-order valence-corrected chi connectivity index (χ4v) is 5.91. The average molecular weight is 477 g/mol. The van der Waals surface area contributed by atoms with Crippen molar-refractivity contribution >= 4 is 21.7 Å². The number of hydrogen-bond acceptors (Lipinski definition) is 5. The molecule has 2 atom stereocenters. The Hall–Kier alpha value is -2.65. The normalized spacial score (nSPS) is 18.9. The number of carboxylic acid groups (broad SMARTS) is 1. The Kier molecular flexibility index (Phi) is 6.63. The first-order valence-corrected chi connectivity index (χ1v) is 12.8. The van der Waals surface area contributed by atoms with Crippen molar-refractivity contribution < 1.29 is 27.4 Å². The van der Waals surface area contributed by atoms with Crippen LogP contribution < -0.4 is 9.46 Å². The van der Waals surface area contributed by atoms with Crippen LogP contribution in [0.1, 0.15) is 54.1 Å². The number of hydrogen-bond donors (Lipinski definition) is 2. The molecule has 0 amide bonds. The molecule has 178 valence electrons. The number of nitrogens with zero attached hydrogens (tertiary/aromatic N) is 1. The monoisotopic (exact) mass is 476 g/mol. The van der Waals surface area contributed by atoms with Gasteiger partial charge in [0.05, 0.1) is 17.2 Å². The number of anilines is 1. The molecule has 7 nitrogen and oxygen atoms in total. The van der Waals surface area contributed by atoms with Crippen LogP contribution in [0.15, 0.2) is 35.2 Å². The molecular formula is C24H29FN2O5S. The van der Waals surface area contributed by atoms with Gasteiger partial charge in [-0.2, -0.15) is 0 Å². The van der Waals surface area contributed by atoms with Crippen molar-refractivity contribution in [2.45, 2.75) is 43.9 Å². The summed E-state index contributed by atoms with van der Waals surface area (Å²) in [5.74, 6) is -0.867. The van der Waals surface area contributed by atoms with E-state index in [1.54, 1.807) is 6.07 Å². The maximum absolute atomic E-state index is 14.0. The molecule has 0 saturated heterocycles. The summed E-state index contributed by atoms with van der Waals surface area (Å²) in [4.78, 5) is 14.2. The lowest BCUT2D eigenvalue weighted by Gasteiger charge is -2.21. The Bertz CT molecular complexity index is 1160. The number of carbonyl (C=O) groups is 1. The molecule has 2 aromatic rings. The van der Waals surface area contributed by atoms with Crippen molar-refractivity contribution in [2.75, 3.05) is 31.0 Å². The number of sulfonamides is 1. The second-order valence-electron chi connectivity index (χ2n) is 8.61. The molecule has 33 heavy (non-hydrogen) atoms. The van der Waals surface area contributed by atoms with Gasteiger partial charge in [0.25, 0.3) is 10.0 Å². The molecule has 2 aliphatic rings. The third kappa shape index (κ3) is 4.84. The van der Waals surface area contributed by atoms with Crippen molar-refractivity contribution in [3.8, 4) is 5.75 Å². The van der Waals surface area contributed by atoms with Gasteiger partial charge in [0.1, 0.15) is 17.1 Å². The van der Waals surface area contributed by atoms with Crippen LogP contribution in [0.3, 0.4) is 0 Å². The Balaban J connectivity index is 1.63. The van der Waals surface area contributed by atoms with E-state index in [1.165, 1.54) is 18.2 Å². The molecule has 0 radical (unpaired) electrons. The molecule has 1 heterocycles. The first-order valence-electron chi connectivity index (χ1n) is 11.3. The molecule has 0 aromatic heterocycles. The summed E-state index contributed by atoms with van der Waals surface area (Å²) in [5.41, 5.74) is 0.928. The van der Waals surface area contributed by atoms with Crippen molar-refractivity contribution in [2.24, 2.45) is 5.92 Å². The summed E-state index contributed by atoms with van der Waals surface area (Å²) in [6.07, 6.45) is 2.00. The van der Waals surface area contributed by atoms with Crippen molar-refractivity contribution in [1.29, 1.82) is 0 Å². The van der Waals surface area contributed by atoms with E-state index in [2.05, 4.69) is 23.5 Å². The summed E-state index contributed by atoms with van der Waals surface area (Å²) >= 11 is 0. The fourth-order valence-electron chi connectivity index (χ4n) is 4.58. The second-order valence-corrected chi connectivity index (χ2v) is 10.3. The van der Waals surface area contributed by atoms with Gasteiger partial charge in [0.15, 0.2) is 0 Å². The van der Waals surface area contributed by atoms with E-state index < -0.39 is 21.8 Å². The molecule has 0 unspecified atom stereocenters. The molecule has 1 aliphatic heterocycles. The van der Waals surface area contributed by atoms with Gasteiger partial charge in [-0.15, -0.1) is 0 Å². The molecule has 4 rings (SSSR count). The van der Waals surface area contributed by atoms with Gasteiger partial charge in [-0.05, 0) is 80.2 Å². The van der Waals surface area contributed by atoms with Crippen molar-refractivity contribution in [3.63, 3.8) is 0 Å². The first-order chi connectivity index (χ1) is 15.7. The zero-order chi connectivity index (χ0) is 23.8.